The van der Waals surface area contributed by atoms with Gasteiger partial charge in [0.05, 0.1) is 4.87 Å². The summed E-state index contributed by atoms with van der Waals surface area (Å²) < 4.78 is 0. The zero-order valence-corrected chi connectivity index (χ0v) is 12.6. The molecule has 1 N–H and O–H groups in total. The Bertz CT molecular complexity index is 398. The molecular weight excluding hydrogens is 252 g/mol. The summed E-state index contributed by atoms with van der Waals surface area (Å²) in [6, 6.07) is 10.8. The Balaban J connectivity index is 1.54. The molecule has 2 saturated heterocycles. The van der Waals surface area contributed by atoms with E-state index in [1.165, 1.54) is 44.5 Å². The van der Waals surface area contributed by atoms with Crippen molar-refractivity contribution < 1.29 is 0 Å². The Kier molecular flexibility index (Phi) is 4.15. The molecule has 2 fully saturated rings. The molecule has 2 aliphatic heterocycles. The summed E-state index contributed by atoms with van der Waals surface area (Å²) in [5, 5.41) is 4.61. The van der Waals surface area contributed by atoms with Gasteiger partial charge in [-0.05, 0) is 31.4 Å². The molecule has 2 heterocycles. The van der Waals surface area contributed by atoms with Crippen molar-refractivity contribution in [2.45, 2.75) is 42.9 Å². The first-order valence-corrected chi connectivity index (χ1v) is 8.33. The molecular formula is C16H24N2S. The van der Waals surface area contributed by atoms with Gasteiger partial charge in [0, 0.05) is 24.9 Å². The van der Waals surface area contributed by atoms with Crippen LogP contribution in [0.4, 0.5) is 0 Å². The van der Waals surface area contributed by atoms with Gasteiger partial charge in [0.2, 0.25) is 0 Å². The van der Waals surface area contributed by atoms with E-state index < -0.39 is 0 Å². The standard InChI is InChI=1S/C16H24N2S/c1-14-7-10-17-16(19-14)8-11-18(12-9-16)13-15-5-3-2-4-6-15/h2-6,14,17H,7-13H2,1H3. The zero-order chi connectivity index (χ0) is 13.1. The minimum absolute atomic E-state index is 0.380. The van der Waals surface area contributed by atoms with Crippen molar-refractivity contribution in [2.75, 3.05) is 19.6 Å². The normalized spacial score (nSPS) is 27.5. The van der Waals surface area contributed by atoms with Crippen LogP contribution in [0.2, 0.25) is 0 Å². The molecule has 1 aromatic rings. The summed E-state index contributed by atoms with van der Waals surface area (Å²) in [6.45, 7) is 7.14. The number of thioether (sulfide) groups is 1. The molecule has 1 unspecified atom stereocenters. The first-order chi connectivity index (χ1) is 9.26. The fourth-order valence-electron chi connectivity index (χ4n) is 3.20. The number of hydrogen-bond acceptors (Lipinski definition) is 3. The van der Waals surface area contributed by atoms with Crippen molar-refractivity contribution in [1.82, 2.24) is 10.2 Å². The molecule has 1 aromatic carbocycles. The summed E-state index contributed by atoms with van der Waals surface area (Å²) in [5.74, 6) is 0. The lowest BCUT2D eigenvalue weighted by atomic mass is 10.0. The number of hydrogen-bond donors (Lipinski definition) is 1. The van der Waals surface area contributed by atoms with Gasteiger partial charge in [-0.25, -0.2) is 0 Å². The highest BCUT2D eigenvalue weighted by molar-refractivity contribution is 8.01. The van der Waals surface area contributed by atoms with Gasteiger partial charge in [-0.2, -0.15) is 0 Å². The van der Waals surface area contributed by atoms with Crippen LogP contribution in [0.5, 0.6) is 0 Å². The largest absolute Gasteiger partial charge is 0.303 e. The maximum atomic E-state index is 3.79. The van der Waals surface area contributed by atoms with Gasteiger partial charge < -0.3 is 5.32 Å². The minimum atomic E-state index is 0.380. The number of piperidine rings is 1. The second-order valence-electron chi connectivity index (χ2n) is 5.90. The average molecular weight is 276 g/mol. The van der Waals surface area contributed by atoms with Gasteiger partial charge in [-0.15, -0.1) is 11.8 Å². The smallest absolute Gasteiger partial charge is 0.0672 e. The summed E-state index contributed by atoms with van der Waals surface area (Å²) in [5.41, 5.74) is 1.44. The van der Waals surface area contributed by atoms with Crippen molar-refractivity contribution >= 4 is 11.8 Å². The van der Waals surface area contributed by atoms with Gasteiger partial charge in [0.1, 0.15) is 0 Å². The van der Waals surface area contributed by atoms with E-state index in [2.05, 4.69) is 59.2 Å². The number of likely N-dealkylation sites (tertiary alicyclic amines) is 1. The highest BCUT2D eigenvalue weighted by atomic mass is 32.2. The van der Waals surface area contributed by atoms with Gasteiger partial charge in [-0.1, -0.05) is 37.3 Å². The topological polar surface area (TPSA) is 15.3 Å². The predicted octanol–water partition coefficient (Wildman–Crippen LogP) is 3.09. The SMILES string of the molecule is CC1CCNC2(CCN(Cc3ccccc3)CC2)S1. The van der Waals surface area contributed by atoms with Gasteiger partial charge in [0.15, 0.2) is 0 Å². The molecule has 1 spiro atoms. The van der Waals surface area contributed by atoms with Crippen molar-refractivity contribution in [1.29, 1.82) is 0 Å². The molecule has 1 atom stereocenters. The summed E-state index contributed by atoms with van der Waals surface area (Å²) >= 11 is 2.18. The van der Waals surface area contributed by atoms with Crippen LogP contribution in [-0.2, 0) is 6.54 Å². The Morgan fingerprint density at radius 2 is 2.00 bits per heavy atom. The van der Waals surface area contributed by atoms with Gasteiger partial charge in [0.25, 0.3) is 0 Å². The van der Waals surface area contributed by atoms with Crippen LogP contribution in [0.1, 0.15) is 31.7 Å². The first kappa shape index (κ1) is 13.5. The van der Waals surface area contributed by atoms with E-state index in [1.807, 2.05) is 0 Å². The van der Waals surface area contributed by atoms with Crippen LogP contribution in [-0.4, -0.2) is 34.7 Å². The van der Waals surface area contributed by atoms with Crippen LogP contribution in [0.25, 0.3) is 0 Å². The molecule has 104 valence electrons. The fourth-order valence-corrected chi connectivity index (χ4v) is 4.81. The van der Waals surface area contributed by atoms with E-state index in [-0.39, 0.29) is 0 Å². The Morgan fingerprint density at radius 1 is 1.26 bits per heavy atom. The zero-order valence-electron chi connectivity index (χ0n) is 11.8. The number of rotatable bonds is 2. The third-order valence-electron chi connectivity index (χ3n) is 4.34. The lowest BCUT2D eigenvalue weighted by Crippen LogP contribution is -2.54. The first-order valence-electron chi connectivity index (χ1n) is 7.45. The highest BCUT2D eigenvalue weighted by Gasteiger charge is 2.38. The van der Waals surface area contributed by atoms with Crippen LogP contribution in [0.3, 0.4) is 0 Å². The van der Waals surface area contributed by atoms with Crippen molar-refractivity contribution in [3.8, 4) is 0 Å². The molecule has 0 radical (unpaired) electrons. The van der Waals surface area contributed by atoms with Crippen molar-refractivity contribution in [3.63, 3.8) is 0 Å². The number of nitrogens with zero attached hydrogens (tertiary/aromatic N) is 1. The molecule has 3 rings (SSSR count). The van der Waals surface area contributed by atoms with E-state index in [0.717, 1.165) is 11.8 Å². The van der Waals surface area contributed by atoms with Crippen LogP contribution in [0.15, 0.2) is 30.3 Å². The lowest BCUT2D eigenvalue weighted by molar-refractivity contribution is 0.174. The molecule has 0 aromatic heterocycles. The molecule has 0 bridgehead atoms. The number of nitrogens with one attached hydrogen (secondary N) is 1. The molecule has 0 aliphatic carbocycles. The molecule has 3 heteroatoms. The average Bonchev–Trinajstić information content (AvgIpc) is 2.43. The van der Waals surface area contributed by atoms with E-state index in [4.69, 9.17) is 0 Å². The van der Waals surface area contributed by atoms with Gasteiger partial charge in [-0.3, -0.25) is 4.90 Å². The summed E-state index contributed by atoms with van der Waals surface area (Å²) in [6.07, 6.45) is 3.89. The highest BCUT2D eigenvalue weighted by Crippen LogP contribution is 2.40. The Morgan fingerprint density at radius 3 is 2.68 bits per heavy atom. The molecule has 19 heavy (non-hydrogen) atoms. The molecule has 0 amide bonds. The summed E-state index contributed by atoms with van der Waals surface area (Å²) in [7, 11) is 0. The molecule has 0 saturated carbocycles. The summed E-state index contributed by atoms with van der Waals surface area (Å²) in [4.78, 5) is 2.98. The molecule has 2 nitrogen and oxygen atoms in total. The fraction of sp³-hybridized carbons (Fsp3) is 0.625. The van der Waals surface area contributed by atoms with Crippen molar-refractivity contribution in [2.24, 2.45) is 0 Å². The third kappa shape index (κ3) is 3.33. The van der Waals surface area contributed by atoms with Crippen molar-refractivity contribution in [3.05, 3.63) is 35.9 Å². The lowest BCUT2D eigenvalue weighted by Gasteiger charge is -2.46. The minimum Gasteiger partial charge on any atom is -0.303 e. The second kappa shape index (κ2) is 5.86. The Hall–Kier alpha value is -0.510. The molecule has 2 aliphatic rings. The van der Waals surface area contributed by atoms with E-state index in [9.17, 15) is 0 Å². The van der Waals surface area contributed by atoms with E-state index in [0.29, 0.717) is 4.87 Å². The van der Waals surface area contributed by atoms with Crippen LogP contribution >= 0.6 is 11.8 Å². The van der Waals surface area contributed by atoms with Crippen LogP contribution in [0, 0.1) is 0 Å². The third-order valence-corrected chi connectivity index (χ3v) is 5.98. The predicted molar refractivity (Wildman–Crippen MR) is 83.4 cm³/mol. The van der Waals surface area contributed by atoms with E-state index in [1.54, 1.807) is 0 Å². The number of benzene rings is 1. The maximum Gasteiger partial charge on any atom is 0.0672 e. The second-order valence-corrected chi connectivity index (χ2v) is 7.72. The maximum absolute atomic E-state index is 3.79. The quantitative estimate of drug-likeness (QED) is 0.893. The van der Waals surface area contributed by atoms with Crippen LogP contribution < -0.4 is 5.32 Å². The van der Waals surface area contributed by atoms with E-state index >= 15 is 0 Å². The monoisotopic (exact) mass is 276 g/mol. The Labute approximate surface area is 121 Å². The van der Waals surface area contributed by atoms with Gasteiger partial charge >= 0.3 is 0 Å².